The summed E-state index contributed by atoms with van der Waals surface area (Å²) in [7, 11) is -4.02. The first-order chi connectivity index (χ1) is 11.7. The Morgan fingerprint density at radius 3 is 2.40 bits per heavy atom. The summed E-state index contributed by atoms with van der Waals surface area (Å²) < 4.78 is 70.2. The monoisotopic (exact) mass is 371 g/mol. The molecule has 0 spiro atoms. The van der Waals surface area contributed by atoms with Crippen molar-refractivity contribution in [2.75, 3.05) is 4.72 Å². The molecule has 2 aromatic heterocycles. The van der Waals surface area contributed by atoms with Gasteiger partial charge in [0.2, 0.25) is 0 Å². The van der Waals surface area contributed by atoms with Gasteiger partial charge in [-0.25, -0.2) is 8.42 Å². The molecule has 0 fully saturated rings. The van der Waals surface area contributed by atoms with Gasteiger partial charge in [0.05, 0.1) is 5.56 Å². The summed E-state index contributed by atoms with van der Waals surface area (Å²) >= 11 is 0. The average Bonchev–Trinajstić information content (AvgIpc) is 3.15. The van der Waals surface area contributed by atoms with Gasteiger partial charge in [-0.1, -0.05) is 0 Å². The van der Waals surface area contributed by atoms with E-state index in [1.54, 1.807) is 6.07 Å². The van der Waals surface area contributed by atoms with Crippen molar-refractivity contribution in [3.63, 3.8) is 0 Å². The Balaban J connectivity index is 1.87. The summed E-state index contributed by atoms with van der Waals surface area (Å²) in [6.07, 6.45) is -3.00. The van der Waals surface area contributed by atoms with Crippen LogP contribution in [0.25, 0.3) is 11.5 Å². The van der Waals surface area contributed by atoms with E-state index in [1.165, 1.54) is 19.2 Å². The van der Waals surface area contributed by atoms with Crippen LogP contribution in [0.2, 0.25) is 0 Å². The third kappa shape index (κ3) is 3.53. The highest BCUT2D eigenvalue weighted by Crippen LogP contribution is 2.31. The molecule has 6 nitrogen and oxygen atoms in total. The van der Waals surface area contributed by atoms with Crippen molar-refractivity contribution >= 4 is 15.7 Å². The molecule has 0 unspecified atom stereocenters. The maximum Gasteiger partial charge on any atom is 0.416 e. The Kier molecular flexibility index (Phi) is 4.07. The van der Waals surface area contributed by atoms with E-state index in [2.05, 4.69) is 14.9 Å². The van der Waals surface area contributed by atoms with Crippen LogP contribution in [0, 0.1) is 6.92 Å². The standard InChI is InChI=1S/C15H12F3N3O3S/c1-9-14(8-13(24-9)12-6-7-19-20-12)25(22,23)21-11-4-2-10(3-5-11)15(16,17)18/h2-8,21H,1H3,(H,19,20). The summed E-state index contributed by atoms with van der Waals surface area (Å²) in [6, 6.07) is 6.62. The van der Waals surface area contributed by atoms with E-state index in [1.807, 2.05) is 0 Å². The van der Waals surface area contributed by atoms with Crippen LogP contribution in [0.1, 0.15) is 11.3 Å². The second kappa shape index (κ2) is 5.96. The van der Waals surface area contributed by atoms with E-state index < -0.39 is 21.8 Å². The van der Waals surface area contributed by atoms with Crippen LogP contribution in [0.15, 0.2) is 51.9 Å². The third-order valence-electron chi connectivity index (χ3n) is 3.39. The number of nitrogens with one attached hydrogen (secondary N) is 2. The molecule has 0 aliphatic heterocycles. The molecule has 0 aliphatic rings. The maximum atomic E-state index is 12.6. The van der Waals surface area contributed by atoms with Crippen LogP contribution in [0.3, 0.4) is 0 Å². The van der Waals surface area contributed by atoms with E-state index in [4.69, 9.17) is 4.42 Å². The number of sulfonamides is 1. The lowest BCUT2D eigenvalue weighted by atomic mass is 10.2. The zero-order valence-corrected chi connectivity index (χ0v) is 13.6. The first-order valence-corrected chi connectivity index (χ1v) is 8.45. The second-order valence-electron chi connectivity index (χ2n) is 5.18. The topological polar surface area (TPSA) is 88.0 Å². The molecule has 2 N–H and O–H groups in total. The zero-order chi connectivity index (χ0) is 18.2. The summed E-state index contributed by atoms with van der Waals surface area (Å²) in [5.74, 6) is 0.423. The number of benzene rings is 1. The molecule has 0 bridgehead atoms. The van der Waals surface area contributed by atoms with Gasteiger partial charge < -0.3 is 4.42 Å². The van der Waals surface area contributed by atoms with Crippen LogP contribution in [-0.2, 0) is 16.2 Å². The number of aryl methyl sites for hydroxylation is 1. The molecule has 10 heteroatoms. The number of halogens is 3. The lowest BCUT2D eigenvalue weighted by Crippen LogP contribution is -2.13. The number of anilines is 1. The maximum absolute atomic E-state index is 12.6. The van der Waals surface area contributed by atoms with Gasteiger partial charge in [-0.05, 0) is 37.3 Å². The van der Waals surface area contributed by atoms with Gasteiger partial charge in [-0.3, -0.25) is 9.82 Å². The molecular formula is C15H12F3N3O3S. The van der Waals surface area contributed by atoms with Crippen molar-refractivity contribution < 1.29 is 26.0 Å². The first-order valence-electron chi connectivity index (χ1n) is 6.97. The smallest absolute Gasteiger partial charge is 0.416 e. The Morgan fingerprint density at radius 2 is 1.84 bits per heavy atom. The predicted octanol–water partition coefficient (Wildman–Crippen LogP) is 3.80. The quantitative estimate of drug-likeness (QED) is 0.730. The minimum Gasteiger partial charge on any atom is -0.458 e. The van der Waals surface area contributed by atoms with Gasteiger partial charge in [-0.2, -0.15) is 18.3 Å². The molecule has 0 atom stereocenters. The molecule has 2 heterocycles. The fraction of sp³-hybridized carbons (Fsp3) is 0.133. The minimum atomic E-state index is -4.49. The molecule has 0 radical (unpaired) electrons. The van der Waals surface area contributed by atoms with Crippen LogP contribution < -0.4 is 4.72 Å². The second-order valence-corrected chi connectivity index (χ2v) is 6.83. The summed E-state index contributed by atoms with van der Waals surface area (Å²) in [5.41, 5.74) is -0.354. The number of aromatic nitrogens is 2. The molecule has 132 valence electrons. The van der Waals surface area contributed by atoms with Gasteiger partial charge in [0.25, 0.3) is 10.0 Å². The van der Waals surface area contributed by atoms with Gasteiger partial charge in [0.1, 0.15) is 16.3 Å². The van der Waals surface area contributed by atoms with Crippen molar-refractivity contribution in [3.05, 3.63) is 53.9 Å². The molecular weight excluding hydrogens is 359 g/mol. The number of hydrogen-bond acceptors (Lipinski definition) is 4. The number of H-pyrrole nitrogens is 1. The summed E-state index contributed by atoms with van der Waals surface area (Å²) in [6.45, 7) is 1.47. The Hall–Kier alpha value is -2.75. The van der Waals surface area contributed by atoms with Gasteiger partial charge in [0, 0.05) is 18.0 Å². The van der Waals surface area contributed by atoms with E-state index in [0.717, 1.165) is 24.3 Å². The number of furan rings is 1. The van der Waals surface area contributed by atoms with Crippen molar-refractivity contribution in [3.8, 4) is 11.5 Å². The average molecular weight is 371 g/mol. The van der Waals surface area contributed by atoms with Crippen molar-refractivity contribution in [2.45, 2.75) is 18.0 Å². The fourth-order valence-corrected chi connectivity index (χ4v) is 3.43. The number of alkyl halides is 3. The molecule has 0 saturated carbocycles. The predicted molar refractivity (Wildman–Crippen MR) is 83.3 cm³/mol. The SMILES string of the molecule is Cc1oc(-c2ccn[nH]2)cc1S(=O)(=O)Nc1ccc(C(F)(F)F)cc1. The lowest BCUT2D eigenvalue weighted by Gasteiger charge is -2.09. The van der Waals surface area contributed by atoms with E-state index in [0.29, 0.717) is 5.69 Å². The van der Waals surface area contributed by atoms with Crippen molar-refractivity contribution in [1.29, 1.82) is 0 Å². The highest BCUT2D eigenvalue weighted by molar-refractivity contribution is 7.92. The summed E-state index contributed by atoms with van der Waals surface area (Å²) in [4.78, 5) is -0.114. The van der Waals surface area contributed by atoms with Crippen LogP contribution >= 0.6 is 0 Å². The minimum absolute atomic E-state index is 0.0108. The zero-order valence-electron chi connectivity index (χ0n) is 12.8. The molecule has 0 saturated heterocycles. The first kappa shape index (κ1) is 17.1. The fourth-order valence-electron chi connectivity index (χ4n) is 2.20. The third-order valence-corrected chi connectivity index (χ3v) is 4.88. The van der Waals surface area contributed by atoms with Crippen LogP contribution in [0.5, 0.6) is 0 Å². The summed E-state index contributed by atoms with van der Waals surface area (Å²) in [5, 5.41) is 6.40. The van der Waals surface area contributed by atoms with E-state index in [9.17, 15) is 21.6 Å². The van der Waals surface area contributed by atoms with Gasteiger partial charge >= 0.3 is 6.18 Å². The Labute approximate surface area is 140 Å². The normalized spacial score (nSPS) is 12.3. The lowest BCUT2D eigenvalue weighted by molar-refractivity contribution is -0.137. The van der Waals surface area contributed by atoms with E-state index >= 15 is 0 Å². The Bertz CT molecular complexity index is 975. The molecule has 0 aliphatic carbocycles. The number of hydrogen-bond donors (Lipinski definition) is 2. The van der Waals surface area contributed by atoms with Crippen LogP contribution in [-0.4, -0.2) is 18.6 Å². The van der Waals surface area contributed by atoms with Crippen molar-refractivity contribution in [1.82, 2.24) is 10.2 Å². The molecule has 1 aromatic carbocycles. The number of nitrogens with zero attached hydrogens (tertiary/aromatic N) is 1. The molecule has 25 heavy (non-hydrogen) atoms. The highest BCUT2D eigenvalue weighted by Gasteiger charge is 2.30. The molecule has 3 aromatic rings. The van der Waals surface area contributed by atoms with Gasteiger partial charge in [-0.15, -0.1) is 0 Å². The highest BCUT2D eigenvalue weighted by atomic mass is 32.2. The molecule has 0 amide bonds. The van der Waals surface area contributed by atoms with E-state index in [-0.39, 0.29) is 22.1 Å². The van der Waals surface area contributed by atoms with Crippen LogP contribution in [0.4, 0.5) is 18.9 Å². The van der Waals surface area contributed by atoms with Crippen molar-refractivity contribution in [2.24, 2.45) is 0 Å². The molecule has 3 rings (SSSR count). The largest absolute Gasteiger partial charge is 0.458 e. The Morgan fingerprint density at radius 1 is 1.16 bits per heavy atom. The number of rotatable bonds is 4. The number of aromatic amines is 1. The van der Waals surface area contributed by atoms with Gasteiger partial charge in [0.15, 0.2) is 5.76 Å².